The van der Waals surface area contributed by atoms with E-state index in [0.29, 0.717) is 12.1 Å². The van der Waals surface area contributed by atoms with Crippen molar-refractivity contribution < 1.29 is 13.2 Å². The molecular weight excluding hydrogens is 350 g/mol. The van der Waals surface area contributed by atoms with E-state index in [-0.39, 0.29) is 17.3 Å². The summed E-state index contributed by atoms with van der Waals surface area (Å²) in [5.74, 6) is -0.204. The number of benzene rings is 2. The number of hydrogen-bond donors (Lipinski definition) is 2. The van der Waals surface area contributed by atoms with Crippen LogP contribution < -0.4 is 10.0 Å². The second-order valence-electron chi connectivity index (χ2n) is 6.25. The molecule has 2 aromatic rings. The van der Waals surface area contributed by atoms with Gasteiger partial charge in [-0.25, -0.2) is 13.1 Å². The second-order valence-corrected chi connectivity index (χ2v) is 8.01. The largest absolute Gasteiger partial charge is 0.352 e. The van der Waals surface area contributed by atoms with Gasteiger partial charge in [0.15, 0.2) is 0 Å². The third-order valence-corrected chi connectivity index (χ3v) is 5.22. The Bertz CT molecular complexity index is 804. The van der Waals surface area contributed by atoms with Crippen molar-refractivity contribution in [2.75, 3.05) is 27.2 Å². The molecule has 0 aliphatic rings. The Morgan fingerprint density at radius 3 is 2.27 bits per heavy atom. The highest BCUT2D eigenvalue weighted by atomic mass is 32.2. The molecule has 140 valence electrons. The minimum absolute atomic E-state index is 0.137. The third-order valence-electron chi connectivity index (χ3n) is 3.80. The number of carbonyl (C=O) groups excluding carboxylic acids is 1. The van der Waals surface area contributed by atoms with Crippen LogP contribution in [0, 0.1) is 0 Å². The topological polar surface area (TPSA) is 78.5 Å². The van der Waals surface area contributed by atoms with Crippen molar-refractivity contribution in [3.05, 3.63) is 65.7 Å². The highest BCUT2D eigenvalue weighted by molar-refractivity contribution is 7.89. The molecule has 0 fully saturated rings. The molecule has 0 radical (unpaired) electrons. The Morgan fingerprint density at radius 1 is 1.00 bits per heavy atom. The molecule has 2 aromatic carbocycles. The van der Waals surface area contributed by atoms with Crippen molar-refractivity contribution in [1.29, 1.82) is 0 Å². The fourth-order valence-electron chi connectivity index (χ4n) is 2.34. The molecule has 0 aliphatic carbocycles. The van der Waals surface area contributed by atoms with Crippen LogP contribution in [0.3, 0.4) is 0 Å². The van der Waals surface area contributed by atoms with E-state index >= 15 is 0 Å². The molecule has 6 nitrogen and oxygen atoms in total. The van der Waals surface area contributed by atoms with Crippen LogP contribution in [-0.4, -0.2) is 46.4 Å². The van der Waals surface area contributed by atoms with Crippen molar-refractivity contribution in [3.8, 4) is 0 Å². The third kappa shape index (κ3) is 6.25. The van der Waals surface area contributed by atoms with Crippen LogP contribution in [0.2, 0.25) is 0 Å². The molecule has 0 aromatic heterocycles. The molecule has 0 spiro atoms. The van der Waals surface area contributed by atoms with Crippen molar-refractivity contribution in [2.24, 2.45) is 0 Å². The zero-order valence-electron chi connectivity index (χ0n) is 15.1. The van der Waals surface area contributed by atoms with E-state index in [0.717, 1.165) is 18.5 Å². The van der Waals surface area contributed by atoms with Gasteiger partial charge in [0, 0.05) is 18.7 Å². The summed E-state index contributed by atoms with van der Waals surface area (Å²) in [6.45, 7) is 1.69. The number of nitrogens with one attached hydrogen (secondary N) is 2. The van der Waals surface area contributed by atoms with Crippen LogP contribution in [0.25, 0.3) is 0 Å². The lowest BCUT2D eigenvalue weighted by Gasteiger charge is -2.10. The van der Waals surface area contributed by atoms with Gasteiger partial charge >= 0.3 is 0 Å². The Hall–Kier alpha value is -2.22. The Morgan fingerprint density at radius 2 is 1.65 bits per heavy atom. The highest BCUT2D eigenvalue weighted by Crippen LogP contribution is 2.11. The van der Waals surface area contributed by atoms with E-state index in [2.05, 4.69) is 10.0 Å². The average Bonchev–Trinajstić information content (AvgIpc) is 2.64. The van der Waals surface area contributed by atoms with Gasteiger partial charge in [-0.3, -0.25) is 4.79 Å². The fourth-order valence-corrected chi connectivity index (χ4v) is 3.36. The fraction of sp³-hybridized carbons (Fsp3) is 0.316. The SMILES string of the molecule is CN(C)CCCNC(=O)c1ccc(S(=O)(=O)NCc2ccccc2)cc1. The molecule has 2 rings (SSSR count). The summed E-state index contributed by atoms with van der Waals surface area (Å²) in [6.07, 6.45) is 0.856. The van der Waals surface area contributed by atoms with Gasteiger partial charge in [-0.2, -0.15) is 0 Å². The van der Waals surface area contributed by atoms with Gasteiger partial charge in [-0.1, -0.05) is 30.3 Å². The first-order valence-electron chi connectivity index (χ1n) is 8.45. The Labute approximate surface area is 155 Å². The molecule has 26 heavy (non-hydrogen) atoms. The molecule has 0 atom stereocenters. The monoisotopic (exact) mass is 375 g/mol. The zero-order chi connectivity index (χ0) is 19.0. The maximum atomic E-state index is 12.3. The standard InChI is InChI=1S/C19H25N3O3S/c1-22(2)14-6-13-20-19(23)17-9-11-18(12-10-17)26(24,25)21-15-16-7-4-3-5-8-16/h3-5,7-12,21H,6,13-15H2,1-2H3,(H,20,23). The highest BCUT2D eigenvalue weighted by Gasteiger charge is 2.14. The molecule has 0 unspecified atom stereocenters. The second kappa shape index (κ2) is 9.47. The van der Waals surface area contributed by atoms with Crippen LogP contribution in [-0.2, 0) is 16.6 Å². The quantitative estimate of drug-likeness (QED) is 0.656. The summed E-state index contributed by atoms with van der Waals surface area (Å²) in [6, 6.07) is 15.2. The van der Waals surface area contributed by atoms with Gasteiger partial charge in [0.05, 0.1) is 4.90 Å². The van der Waals surface area contributed by atoms with E-state index in [9.17, 15) is 13.2 Å². The lowest BCUT2D eigenvalue weighted by Crippen LogP contribution is -2.27. The molecule has 0 saturated carbocycles. The number of rotatable bonds is 9. The van der Waals surface area contributed by atoms with Crippen LogP contribution in [0.5, 0.6) is 0 Å². The van der Waals surface area contributed by atoms with E-state index in [1.54, 1.807) is 0 Å². The van der Waals surface area contributed by atoms with Gasteiger partial charge in [0.2, 0.25) is 10.0 Å². The van der Waals surface area contributed by atoms with Crippen molar-refractivity contribution >= 4 is 15.9 Å². The minimum Gasteiger partial charge on any atom is -0.352 e. The number of carbonyl (C=O) groups is 1. The van der Waals surface area contributed by atoms with Gasteiger partial charge < -0.3 is 10.2 Å². The lowest BCUT2D eigenvalue weighted by molar-refractivity contribution is 0.0952. The van der Waals surface area contributed by atoms with E-state index in [1.165, 1.54) is 24.3 Å². The predicted octanol–water partition coefficient (Wildman–Crippen LogP) is 1.85. The first kappa shape index (κ1) is 20.1. The zero-order valence-corrected chi connectivity index (χ0v) is 15.9. The normalized spacial score (nSPS) is 11.5. The number of amides is 1. The summed E-state index contributed by atoms with van der Waals surface area (Å²) < 4.78 is 27.2. The van der Waals surface area contributed by atoms with E-state index < -0.39 is 10.0 Å². The summed E-state index contributed by atoms with van der Waals surface area (Å²) >= 11 is 0. The average molecular weight is 375 g/mol. The van der Waals surface area contributed by atoms with Gasteiger partial charge in [0.1, 0.15) is 0 Å². The Kier molecular flexibility index (Phi) is 7.32. The molecule has 7 heteroatoms. The van der Waals surface area contributed by atoms with Crippen LogP contribution >= 0.6 is 0 Å². The van der Waals surface area contributed by atoms with E-state index in [1.807, 2.05) is 49.3 Å². The predicted molar refractivity (Wildman–Crippen MR) is 102 cm³/mol. The minimum atomic E-state index is -3.62. The maximum Gasteiger partial charge on any atom is 0.251 e. The van der Waals surface area contributed by atoms with E-state index in [4.69, 9.17) is 0 Å². The number of nitrogens with zero attached hydrogens (tertiary/aromatic N) is 1. The van der Waals surface area contributed by atoms with Crippen LogP contribution in [0.1, 0.15) is 22.3 Å². The maximum absolute atomic E-state index is 12.3. The first-order chi connectivity index (χ1) is 12.4. The molecule has 2 N–H and O–H groups in total. The van der Waals surface area contributed by atoms with Crippen molar-refractivity contribution in [1.82, 2.24) is 14.9 Å². The summed E-state index contributed by atoms with van der Waals surface area (Å²) in [4.78, 5) is 14.3. The summed E-state index contributed by atoms with van der Waals surface area (Å²) in [5, 5.41) is 2.83. The van der Waals surface area contributed by atoms with Crippen LogP contribution in [0.4, 0.5) is 0 Å². The summed E-state index contributed by atoms with van der Waals surface area (Å²) in [7, 11) is 0.339. The van der Waals surface area contributed by atoms with Gasteiger partial charge in [0.25, 0.3) is 5.91 Å². The molecule has 0 aliphatic heterocycles. The molecular formula is C19H25N3O3S. The van der Waals surface area contributed by atoms with Crippen LogP contribution in [0.15, 0.2) is 59.5 Å². The van der Waals surface area contributed by atoms with Crippen molar-refractivity contribution in [2.45, 2.75) is 17.9 Å². The first-order valence-corrected chi connectivity index (χ1v) is 9.93. The molecule has 1 amide bonds. The molecule has 0 saturated heterocycles. The smallest absolute Gasteiger partial charge is 0.251 e. The lowest BCUT2D eigenvalue weighted by atomic mass is 10.2. The Balaban J connectivity index is 1.91. The number of hydrogen-bond acceptors (Lipinski definition) is 4. The number of sulfonamides is 1. The van der Waals surface area contributed by atoms with Gasteiger partial charge in [-0.05, 0) is 56.9 Å². The summed E-state index contributed by atoms with van der Waals surface area (Å²) in [5.41, 5.74) is 1.32. The molecule has 0 bridgehead atoms. The van der Waals surface area contributed by atoms with Crippen molar-refractivity contribution in [3.63, 3.8) is 0 Å². The van der Waals surface area contributed by atoms with Gasteiger partial charge in [-0.15, -0.1) is 0 Å². The molecule has 0 heterocycles.